The average molecular weight is 568 g/mol. The highest BCUT2D eigenvalue weighted by Gasteiger charge is 2.61. The molecule has 1 N–H and O–H groups in total. The zero-order chi connectivity index (χ0) is 29.1. The van der Waals surface area contributed by atoms with Crippen molar-refractivity contribution in [1.29, 1.82) is 0 Å². The smallest absolute Gasteiger partial charge is 0.416 e. The van der Waals surface area contributed by atoms with E-state index in [0.717, 1.165) is 21.9 Å². The Balaban J connectivity index is 1.34. The van der Waals surface area contributed by atoms with Crippen molar-refractivity contribution in [2.75, 3.05) is 13.2 Å². The monoisotopic (exact) mass is 567 g/mol. The Morgan fingerprint density at radius 3 is 2.29 bits per heavy atom. The van der Waals surface area contributed by atoms with Crippen molar-refractivity contribution in [3.05, 3.63) is 102 Å². The van der Waals surface area contributed by atoms with E-state index in [1.807, 2.05) is 0 Å². The van der Waals surface area contributed by atoms with Gasteiger partial charge in [-0.25, -0.2) is 4.79 Å². The molecule has 0 aromatic heterocycles. The van der Waals surface area contributed by atoms with Crippen molar-refractivity contribution in [3.8, 4) is 5.75 Å². The number of alkyl halides is 3. The molecule has 2 saturated heterocycles. The summed E-state index contributed by atoms with van der Waals surface area (Å²) in [5, 5.41) is 2.56. The largest absolute Gasteiger partial charge is 0.484 e. The number of ether oxygens (including phenoxy) is 2. The number of hydrogen-bond acceptors (Lipinski definition) is 6. The van der Waals surface area contributed by atoms with Crippen LogP contribution in [0.25, 0.3) is 0 Å². The molecule has 0 spiro atoms. The van der Waals surface area contributed by atoms with Crippen molar-refractivity contribution in [3.63, 3.8) is 0 Å². The lowest BCUT2D eigenvalue weighted by Gasteiger charge is -2.43. The van der Waals surface area contributed by atoms with Crippen molar-refractivity contribution in [2.45, 2.75) is 31.0 Å². The minimum Gasteiger partial charge on any atom is -0.484 e. The third kappa shape index (κ3) is 5.86. The number of rotatable bonds is 8. The van der Waals surface area contributed by atoms with Crippen LogP contribution in [0.15, 0.2) is 84.9 Å². The molecule has 212 valence electrons. The third-order valence-electron chi connectivity index (χ3n) is 6.77. The molecule has 3 aromatic carbocycles. The van der Waals surface area contributed by atoms with Crippen LogP contribution in [-0.4, -0.2) is 64.9 Å². The molecule has 9 nitrogen and oxygen atoms in total. The molecule has 41 heavy (non-hydrogen) atoms. The molecule has 2 unspecified atom stereocenters. The zero-order valence-electron chi connectivity index (χ0n) is 21.4. The molecule has 0 bridgehead atoms. The normalized spacial score (nSPS) is 19.7. The number of nitrogens with zero attached hydrogens (tertiary/aromatic N) is 2. The van der Waals surface area contributed by atoms with Gasteiger partial charge in [-0.15, -0.1) is 0 Å². The number of benzene rings is 3. The predicted molar refractivity (Wildman–Crippen MR) is 137 cm³/mol. The fourth-order valence-corrected chi connectivity index (χ4v) is 4.78. The molecular weight excluding hydrogens is 543 g/mol. The Hall–Kier alpha value is -4.87. The van der Waals surface area contributed by atoms with Crippen LogP contribution in [0, 0.1) is 0 Å². The van der Waals surface area contributed by atoms with E-state index < -0.39 is 53.7 Å². The van der Waals surface area contributed by atoms with Gasteiger partial charge in [-0.1, -0.05) is 54.6 Å². The van der Waals surface area contributed by atoms with Gasteiger partial charge < -0.3 is 24.6 Å². The number of halogens is 3. The van der Waals surface area contributed by atoms with E-state index >= 15 is 0 Å². The maximum Gasteiger partial charge on any atom is 0.416 e. The SMILES string of the molecule is O=C(COc1ccccc1)N[C@@H]1C(=O)N2C1CN(C(=O)c1cccc(C(F)(F)F)c1)C2C(=O)OCc1ccccc1. The van der Waals surface area contributed by atoms with Crippen LogP contribution in [0.2, 0.25) is 0 Å². The number of β-lactam (4-membered cyclic amide) rings is 1. The number of hydrogen-bond donors (Lipinski definition) is 1. The summed E-state index contributed by atoms with van der Waals surface area (Å²) >= 11 is 0. The fourth-order valence-electron chi connectivity index (χ4n) is 4.78. The lowest BCUT2D eigenvalue weighted by Crippen LogP contribution is -2.71. The first kappa shape index (κ1) is 27.7. The summed E-state index contributed by atoms with van der Waals surface area (Å²) in [6.45, 7) is -0.738. The Kier molecular flexibility index (Phi) is 7.64. The van der Waals surface area contributed by atoms with Crippen LogP contribution in [0.3, 0.4) is 0 Å². The molecule has 12 heteroatoms. The molecule has 2 heterocycles. The van der Waals surface area contributed by atoms with Crippen LogP contribution in [0.1, 0.15) is 21.5 Å². The number of amides is 3. The highest BCUT2D eigenvalue weighted by molar-refractivity contribution is 6.02. The number of fused-ring (bicyclic) bond motifs is 1. The van der Waals surface area contributed by atoms with Gasteiger partial charge >= 0.3 is 12.1 Å². The second-order valence-corrected chi connectivity index (χ2v) is 9.46. The molecule has 3 atom stereocenters. The van der Waals surface area contributed by atoms with Gasteiger partial charge in [-0.05, 0) is 35.9 Å². The summed E-state index contributed by atoms with van der Waals surface area (Å²) < 4.78 is 50.7. The molecule has 3 amide bonds. The fraction of sp³-hybridized carbons (Fsp3) is 0.241. The van der Waals surface area contributed by atoms with Crippen LogP contribution < -0.4 is 10.1 Å². The zero-order valence-corrected chi connectivity index (χ0v) is 21.4. The van der Waals surface area contributed by atoms with Crippen molar-refractivity contribution in [1.82, 2.24) is 15.1 Å². The van der Waals surface area contributed by atoms with Crippen LogP contribution >= 0.6 is 0 Å². The third-order valence-corrected chi connectivity index (χ3v) is 6.77. The van der Waals surface area contributed by atoms with E-state index in [1.165, 1.54) is 6.07 Å². The summed E-state index contributed by atoms with van der Waals surface area (Å²) in [5.74, 6) is -2.61. The first-order valence-corrected chi connectivity index (χ1v) is 12.6. The van der Waals surface area contributed by atoms with Crippen LogP contribution in [0.4, 0.5) is 13.2 Å². The average Bonchev–Trinajstić information content (AvgIpc) is 3.34. The maximum atomic E-state index is 13.4. The maximum absolute atomic E-state index is 13.4. The highest BCUT2D eigenvalue weighted by Crippen LogP contribution is 2.35. The van der Waals surface area contributed by atoms with E-state index in [0.29, 0.717) is 17.4 Å². The molecule has 2 aliphatic rings. The molecule has 0 radical (unpaired) electrons. The lowest BCUT2D eigenvalue weighted by molar-refractivity contribution is -0.167. The Bertz CT molecular complexity index is 1450. The van der Waals surface area contributed by atoms with Crippen LogP contribution in [-0.2, 0) is 31.9 Å². The van der Waals surface area contributed by atoms with Crippen molar-refractivity contribution in [2.24, 2.45) is 0 Å². The van der Waals surface area contributed by atoms with E-state index in [-0.39, 0.29) is 25.3 Å². The molecule has 2 fully saturated rings. The van der Waals surface area contributed by atoms with E-state index in [9.17, 15) is 32.3 Å². The first-order chi connectivity index (χ1) is 19.6. The van der Waals surface area contributed by atoms with E-state index in [4.69, 9.17) is 9.47 Å². The quantitative estimate of drug-likeness (QED) is 0.332. The topological polar surface area (TPSA) is 105 Å². The minimum atomic E-state index is -4.69. The minimum absolute atomic E-state index is 0.147. The summed E-state index contributed by atoms with van der Waals surface area (Å²) in [6, 6.07) is 19.2. The summed E-state index contributed by atoms with van der Waals surface area (Å²) in [4.78, 5) is 54.4. The van der Waals surface area contributed by atoms with Gasteiger partial charge in [-0.3, -0.25) is 14.4 Å². The summed E-state index contributed by atoms with van der Waals surface area (Å²) in [6.07, 6.45) is -6.21. The number of para-hydroxylation sites is 1. The summed E-state index contributed by atoms with van der Waals surface area (Å²) in [5.41, 5.74) is -0.689. The number of nitrogens with one attached hydrogen (secondary N) is 1. The molecule has 3 aromatic rings. The van der Waals surface area contributed by atoms with Crippen molar-refractivity contribution < 1.29 is 41.8 Å². The van der Waals surface area contributed by atoms with Gasteiger partial charge in [0.05, 0.1) is 11.6 Å². The Morgan fingerprint density at radius 1 is 0.927 bits per heavy atom. The number of carbonyl (C=O) groups excluding carboxylic acids is 4. The lowest BCUT2D eigenvalue weighted by atomic mass is 9.96. The van der Waals surface area contributed by atoms with Crippen molar-refractivity contribution >= 4 is 23.7 Å². The molecule has 2 aliphatic heterocycles. The van der Waals surface area contributed by atoms with Gasteiger partial charge in [0.1, 0.15) is 18.4 Å². The predicted octanol–water partition coefficient (Wildman–Crippen LogP) is 3.01. The second-order valence-electron chi connectivity index (χ2n) is 9.46. The van der Waals surface area contributed by atoms with Gasteiger partial charge in [0.25, 0.3) is 11.8 Å². The van der Waals surface area contributed by atoms with Gasteiger partial charge in [0.15, 0.2) is 6.61 Å². The van der Waals surface area contributed by atoms with Gasteiger partial charge in [0.2, 0.25) is 12.1 Å². The first-order valence-electron chi connectivity index (χ1n) is 12.6. The number of esters is 1. The van der Waals surface area contributed by atoms with Gasteiger partial charge in [-0.2, -0.15) is 13.2 Å². The summed E-state index contributed by atoms with van der Waals surface area (Å²) in [7, 11) is 0. The second kappa shape index (κ2) is 11.3. The van der Waals surface area contributed by atoms with E-state index in [1.54, 1.807) is 60.7 Å². The van der Waals surface area contributed by atoms with E-state index in [2.05, 4.69) is 5.32 Å². The Labute approximate surface area is 232 Å². The Morgan fingerprint density at radius 2 is 1.61 bits per heavy atom. The highest BCUT2D eigenvalue weighted by atomic mass is 19.4. The molecule has 5 rings (SSSR count). The number of carbonyl (C=O) groups is 4. The molecular formula is C29H24F3N3O6. The molecule has 0 saturated carbocycles. The van der Waals surface area contributed by atoms with Crippen LogP contribution in [0.5, 0.6) is 5.75 Å². The van der Waals surface area contributed by atoms with Gasteiger partial charge in [0, 0.05) is 12.1 Å². The molecule has 0 aliphatic carbocycles. The standard InChI is InChI=1S/C29H24F3N3O6/c30-29(31,32)20-11-7-10-19(14-20)26(37)34-15-22-24(33-23(36)17-40-21-12-5-2-6-13-21)27(38)35(22)25(34)28(39)41-16-18-8-3-1-4-9-18/h1-14,22,24-25H,15-17H2,(H,33,36)/t22?,24-,25?/m0/s1.